The van der Waals surface area contributed by atoms with Crippen molar-refractivity contribution in [1.82, 2.24) is 10.6 Å². The molecule has 2 rings (SSSR count). The van der Waals surface area contributed by atoms with Crippen LogP contribution in [0.3, 0.4) is 0 Å². The van der Waals surface area contributed by atoms with Gasteiger partial charge in [0.05, 0.1) is 25.8 Å². The van der Waals surface area contributed by atoms with Gasteiger partial charge in [0.1, 0.15) is 5.75 Å². The zero-order chi connectivity index (χ0) is 19.8. The summed E-state index contributed by atoms with van der Waals surface area (Å²) in [6, 6.07) is 10.1. The van der Waals surface area contributed by atoms with Gasteiger partial charge in [-0.05, 0) is 52.2 Å². The molecule has 0 fully saturated rings. The normalized spacial score (nSPS) is 11.1. The third kappa shape index (κ3) is 5.53. The maximum Gasteiger partial charge on any atom is 0.191 e. The molecule has 0 radical (unpaired) electrons. The summed E-state index contributed by atoms with van der Waals surface area (Å²) in [7, 11) is 6.66. The van der Waals surface area contributed by atoms with E-state index in [1.807, 2.05) is 25.1 Å². The minimum absolute atomic E-state index is 0.587. The number of hydrogen-bond donors (Lipinski definition) is 2. The Morgan fingerprint density at radius 1 is 0.963 bits per heavy atom. The van der Waals surface area contributed by atoms with Crippen LogP contribution in [0.15, 0.2) is 39.8 Å². The third-order valence-electron chi connectivity index (χ3n) is 4.07. The summed E-state index contributed by atoms with van der Waals surface area (Å²) in [4.78, 5) is 4.28. The van der Waals surface area contributed by atoms with Crippen LogP contribution in [0.2, 0.25) is 0 Å². The Morgan fingerprint density at radius 2 is 1.67 bits per heavy atom. The lowest BCUT2D eigenvalue weighted by molar-refractivity contribution is 0.352. The number of rotatable bonds is 7. The lowest BCUT2D eigenvalue weighted by Gasteiger charge is -2.15. The minimum atomic E-state index is 0.587. The number of nitrogens with zero attached hydrogens (tertiary/aromatic N) is 1. The van der Waals surface area contributed by atoms with Gasteiger partial charge < -0.3 is 24.8 Å². The van der Waals surface area contributed by atoms with Gasteiger partial charge in [0.25, 0.3) is 0 Å². The fourth-order valence-electron chi connectivity index (χ4n) is 2.66. The van der Waals surface area contributed by atoms with Gasteiger partial charge in [-0.25, -0.2) is 0 Å². The molecule has 0 aliphatic rings. The van der Waals surface area contributed by atoms with Crippen LogP contribution in [-0.4, -0.2) is 34.3 Å². The molecule has 7 heteroatoms. The highest BCUT2D eigenvalue weighted by Gasteiger charge is 2.11. The number of aryl methyl sites for hydroxylation is 1. The molecule has 0 unspecified atom stereocenters. The first kappa shape index (κ1) is 20.9. The zero-order valence-electron chi connectivity index (χ0n) is 16.4. The molecule has 0 aliphatic heterocycles. The molecule has 0 atom stereocenters. The predicted octanol–water partition coefficient (Wildman–Crippen LogP) is 3.65. The maximum atomic E-state index is 5.45. The van der Waals surface area contributed by atoms with Crippen molar-refractivity contribution in [3.05, 3.63) is 51.5 Å². The van der Waals surface area contributed by atoms with Gasteiger partial charge >= 0.3 is 0 Å². The topological polar surface area (TPSA) is 64.1 Å². The molecule has 0 saturated carbocycles. The molecule has 0 bridgehead atoms. The Labute approximate surface area is 169 Å². The fraction of sp³-hybridized carbons (Fsp3) is 0.350. The number of aliphatic imine (C=N–C) groups is 1. The molecule has 0 aromatic heterocycles. The Hall–Kier alpha value is -2.41. The zero-order valence-corrected chi connectivity index (χ0v) is 17.9. The van der Waals surface area contributed by atoms with E-state index < -0.39 is 0 Å². The van der Waals surface area contributed by atoms with Crippen molar-refractivity contribution >= 4 is 21.9 Å². The second kappa shape index (κ2) is 10.1. The van der Waals surface area contributed by atoms with E-state index in [2.05, 4.69) is 43.7 Å². The van der Waals surface area contributed by atoms with Crippen LogP contribution in [0.4, 0.5) is 0 Å². The molecule has 2 N–H and O–H groups in total. The first-order valence-corrected chi connectivity index (χ1v) is 9.30. The predicted molar refractivity (Wildman–Crippen MR) is 112 cm³/mol. The molecular formula is C20H26BrN3O3. The van der Waals surface area contributed by atoms with Crippen molar-refractivity contribution < 1.29 is 14.2 Å². The molecule has 2 aromatic carbocycles. The van der Waals surface area contributed by atoms with E-state index in [-0.39, 0.29) is 0 Å². The van der Waals surface area contributed by atoms with Crippen molar-refractivity contribution in [1.29, 1.82) is 0 Å². The fourth-order valence-corrected chi connectivity index (χ4v) is 3.31. The van der Waals surface area contributed by atoms with Gasteiger partial charge in [-0.2, -0.15) is 0 Å². The highest BCUT2D eigenvalue weighted by Crippen LogP contribution is 2.36. The second-order valence-corrected chi connectivity index (χ2v) is 6.76. The highest BCUT2D eigenvalue weighted by molar-refractivity contribution is 9.10. The number of methoxy groups -OCH3 is 3. The van der Waals surface area contributed by atoms with Crippen LogP contribution in [-0.2, 0) is 13.1 Å². The van der Waals surface area contributed by atoms with E-state index in [1.54, 1.807) is 28.4 Å². The van der Waals surface area contributed by atoms with Crippen molar-refractivity contribution in [2.24, 2.45) is 4.99 Å². The molecule has 0 saturated heterocycles. The monoisotopic (exact) mass is 435 g/mol. The summed E-state index contributed by atoms with van der Waals surface area (Å²) >= 11 is 3.51. The molecule has 27 heavy (non-hydrogen) atoms. The van der Waals surface area contributed by atoms with Crippen molar-refractivity contribution in [2.45, 2.75) is 20.0 Å². The average Bonchev–Trinajstić information content (AvgIpc) is 2.68. The Morgan fingerprint density at radius 3 is 2.30 bits per heavy atom. The average molecular weight is 436 g/mol. The van der Waals surface area contributed by atoms with Gasteiger partial charge in [0.15, 0.2) is 17.5 Å². The van der Waals surface area contributed by atoms with Crippen molar-refractivity contribution in [2.75, 3.05) is 28.4 Å². The largest absolute Gasteiger partial charge is 0.496 e. The van der Waals surface area contributed by atoms with Crippen LogP contribution in [0.25, 0.3) is 0 Å². The van der Waals surface area contributed by atoms with Crippen LogP contribution < -0.4 is 24.8 Å². The lowest BCUT2D eigenvalue weighted by atomic mass is 10.1. The number of benzene rings is 2. The van der Waals surface area contributed by atoms with E-state index in [9.17, 15) is 0 Å². The second-order valence-electron chi connectivity index (χ2n) is 5.91. The molecule has 0 aliphatic carbocycles. The van der Waals surface area contributed by atoms with Gasteiger partial charge in [-0.1, -0.05) is 12.1 Å². The van der Waals surface area contributed by atoms with E-state index >= 15 is 0 Å². The molecule has 0 spiro atoms. The summed E-state index contributed by atoms with van der Waals surface area (Å²) < 4.78 is 17.0. The number of ether oxygens (including phenoxy) is 3. The SMILES string of the molecule is CN=C(NCc1cc(Br)c(OC)c(OC)c1)NCc1ccc(C)cc1OC. The van der Waals surface area contributed by atoms with Gasteiger partial charge in [-0.3, -0.25) is 4.99 Å². The van der Waals surface area contributed by atoms with Gasteiger partial charge in [-0.15, -0.1) is 0 Å². The van der Waals surface area contributed by atoms with E-state index in [0.717, 1.165) is 26.9 Å². The Bertz CT molecular complexity index is 809. The lowest BCUT2D eigenvalue weighted by Crippen LogP contribution is -2.36. The summed E-state index contributed by atoms with van der Waals surface area (Å²) in [5.74, 6) is 2.91. The highest BCUT2D eigenvalue weighted by atomic mass is 79.9. The van der Waals surface area contributed by atoms with Crippen LogP contribution in [0, 0.1) is 6.92 Å². The summed E-state index contributed by atoms with van der Waals surface area (Å²) in [5, 5.41) is 6.61. The molecule has 146 valence electrons. The van der Waals surface area contributed by atoms with Crippen LogP contribution in [0.1, 0.15) is 16.7 Å². The Balaban J connectivity index is 2.01. The van der Waals surface area contributed by atoms with Gasteiger partial charge in [0.2, 0.25) is 0 Å². The van der Waals surface area contributed by atoms with E-state index in [0.29, 0.717) is 30.5 Å². The first-order chi connectivity index (χ1) is 13.0. The summed E-state index contributed by atoms with van der Waals surface area (Å²) in [6.07, 6.45) is 0. The number of hydrogen-bond acceptors (Lipinski definition) is 4. The number of halogens is 1. The van der Waals surface area contributed by atoms with Crippen molar-refractivity contribution in [3.63, 3.8) is 0 Å². The van der Waals surface area contributed by atoms with Crippen LogP contribution >= 0.6 is 15.9 Å². The molecule has 2 aromatic rings. The quantitative estimate of drug-likeness (QED) is 0.513. The van der Waals surface area contributed by atoms with Gasteiger partial charge in [0, 0.05) is 25.7 Å². The van der Waals surface area contributed by atoms with Crippen molar-refractivity contribution in [3.8, 4) is 17.2 Å². The molecule has 0 amide bonds. The molecular weight excluding hydrogens is 410 g/mol. The molecule has 0 heterocycles. The van der Waals surface area contributed by atoms with E-state index in [4.69, 9.17) is 14.2 Å². The Kier molecular flexibility index (Phi) is 7.79. The standard InChI is InChI=1S/C20H26BrN3O3/c1-13-6-7-15(17(8-13)25-3)12-24-20(22-2)23-11-14-9-16(21)19(27-5)18(10-14)26-4/h6-10H,11-12H2,1-5H3,(H2,22,23,24). The molecule has 6 nitrogen and oxygen atoms in total. The summed E-state index contributed by atoms with van der Waals surface area (Å²) in [6.45, 7) is 3.24. The number of nitrogens with one attached hydrogen (secondary N) is 2. The number of guanidine groups is 1. The smallest absolute Gasteiger partial charge is 0.191 e. The third-order valence-corrected chi connectivity index (χ3v) is 4.65. The maximum absolute atomic E-state index is 5.45. The van der Waals surface area contributed by atoms with Crippen LogP contribution in [0.5, 0.6) is 17.2 Å². The minimum Gasteiger partial charge on any atom is -0.496 e. The first-order valence-electron chi connectivity index (χ1n) is 8.50. The van der Waals surface area contributed by atoms with E-state index in [1.165, 1.54) is 0 Å². The summed E-state index contributed by atoms with van der Waals surface area (Å²) in [5.41, 5.74) is 3.27.